The molecule has 0 spiro atoms. The first-order valence-corrected chi connectivity index (χ1v) is 7.21. The molecule has 0 nitrogen and oxygen atoms in total. The highest BCUT2D eigenvalue weighted by Gasteiger charge is 2.00. The fourth-order valence-corrected chi connectivity index (χ4v) is 2.13. The number of hydrogen-bond donors (Lipinski definition) is 0. The van der Waals surface area contributed by atoms with Gasteiger partial charge in [0.1, 0.15) is 0 Å². The van der Waals surface area contributed by atoms with E-state index < -0.39 is 0 Å². The maximum atomic E-state index is 2.26. The number of allylic oxidation sites excluding steroid dienone is 4. The molecule has 2 aromatic rings. The molecule has 2 aromatic carbocycles. The van der Waals surface area contributed by atoms with Gasteiger partial charge in [-0.1, -0.05) is 73.2 Å². The molecule has 0 fully saturated rings. The highest BCUT2D eigenvalue weighted by molar-refractivity contribution is 5.72. The number of hydrogen-bond acceptors (Lipinski definition) is 0. The van der Waals surface area contributed by atoms with Gasteiger partial charge in [0.15, 0.2) is 0 Å². The lowest BCUT2D eigenvalue weighted by atomic mass is 9.99. The summed E-state index contributed by atoms with van der Waals surface area (Å²) in [4.78, 5) is 0. The Morgan fingerprint density at radius 2 is 1.75 bits per heavy atom. The molecule has 0 heterocycles. The van der Waals surface area contributed by atoms with Gasteiger partial charge in [0, 0.05) is 0 Å². The zero-order chi connectivity index (χ0) is 14.4. The van der Waals surface area contributed by atoms with E-state index in [0.29, 0.717) is 0 Å². The van der Waals surface area contributed by atoms with E-state index in [9.17, 15) is 0 Å². The van der Waals surface area contributed by atoms with Gasteiger partial charge in [-0.3, -0.25) is 0 Å². The summed E-state index contributed by atoms with van der Waals surface area (Å²) in [6, 6.07) is 17.4. The fraction of sp³-hybridized carbons (Fsp3) is 0.200. The average Bonchev–Trinajstić information content (AvgIpc) is 2.48. The van der Waals surface area contributed by atoms with E-state index >= 15 is 0 Å². The number of aryl methyl sites for hydroxylation is 1. The smallest absolute Gasteiger partial charge is 0.0178 e. The summed E-state index contributed by atoms with van der Waals surface area (Å²) in [5.74, 6) is 0. The van der Waals surface area contributed by atoms with Crippen LogP contribution in [0.25, 0.3) is 16.7 Å². The van der Waals surface area contributed by atoms with Crippen LogP contribution in [0.2, 0.25) is 0 Å². The van der Waals surface area contributed by atoms with Gasteiger partial charge >= 0.3 is 0 Å². The largest absolute Gasteiger partial charge is 0.0848 e. The number of benzene rings is 2. The normalized spacial score (nSPS) is 12.1. The Kier molecular flexibility index (Phi) is 4.95. The molecule has 2 rings (SSSR count). The minimum absolute atomic E-state index is 1.08. The quantitative estimate of drug-likeness (QED) is 0.590. The molecule has 0 aliphatic heterocycles. The predicted octanol–water partition coefficient (Wildman–Crippen LogP) is 6.03. The molecule has 102 valence electrons. The van der Waals surface area contributed by atoms with Crippen LogP contribution in [0.3, 0.4) is 0 Å². The Hall–Kier alpha value is -2.08. The van der Waals surface area contributed by atoms with Crippen molar-refractivity contribution in [1.29, 1.82) is 0 Å². The lowest BCUT2D eigenvalue weighted by molar-refractivity contribution is 1.22. The zero-order valence-corrected chi connectivity index (χ0v) is 12.6. The second-order valence-corrected chi connectivity index (χ2v) is 5.13. The van der Waals surface area contributed by atoms with Crippen molar-refractivity contribution in [3.63, 3.8) is 0 Å². The summed E-state index contributed by atoms with van der Waals surface area (Å²) in [6.07, 6.45) is 7.56. The summed E-state index contributed by atoms with van der Waals surface area (Å²) in [6.45, 7) is 6.43. The monoisotopic (exact) mass is 262 g/mol. The summed E-state index contributed by atoms with van der Waals surface area (Å²) in [5.41, 5.74) is 6.42. The lowest BCUT2D eigenvalue weighted by Gasteiger charge is -2.06. The molecule has 0 saturated carbocycles. The Balaban J connectivity index is 2.30. The summed E-state index contributed by atoms with van der Waals surface area (Å²) < 4.78 is 0. The zero-order valence-electron chi connectivity index (χ0n) is 12.6. The maximum absolute atomic E-state index is 2.26. The highest BCUT2D eigenvalue weighted by atomic mass is 14.0. The number of rotatable bonds is 4. The first kappa shape index (κ1) is 14.3. The van der Waals surface area contributed by atoms with Gasteiger partial charge in [-0.05, 0) is 48.6 Å². The minimum Gasteiger partial charge on any atom is -0.0848 e. The van der Waals surface area contributed by atoms with Crippen molar-refractivity contribution in [1.82, 2.24) is 0 Å². The molecule has 0 aliphatic rings. The van der Waals surface area contributed by atoms with Crippen molar-refractivity contribution >= 4 is 5.57 Å². The van der Waals surface area contributed by atoms with Crippen molar-refractivity contribution in [3.05, 3.63) is 77.9 Å². The Bertz CT molecular complexity index is 613. The molecule has 0 N–H and O–H groups in total. The molecular weight excluding hydrogens is 240 g/mol. The third kappa shape index (κ3) is 3.71. The molecule has 0 radical (unpaired) electrons. The van der Waals surface area contributed by atoms with Gasteiger partial charge in [0.05, 0.1) is 0 Å². The average molecular weight is 262 g/mol. The molecular formula is C20H22. The molecule has 0 bridgehead atoms. The molecule has 0 aliphatic carbocycles. The first-order valence-electron chi connectivity index (χ1n) is 7.21. The Labute approximate surface area is 122 Å². The van der Waals surface area contributed by atoms with E-state index in [1.54, 1.807) is 0 Å². The summed E-state index contributed by atoms with van der Waals surface area (Å²) in [5, 5.41) is 0. The van der Waals surface area contributed by atoms with Gasteiger partial charge in [-0.15, -0.1) is 0 Å². The van der Waals surface area contributed by atoms with E-state index in [0.717, 1.165) is 6.42 Å². The Morgan fingerprint density at radius 3 is 2.45 bits per heavy atom. The third-order valence-corrected chi connectivity index (χ3v) is 3.42. The van der Waals surface area contributed by atoms with Crippen LogP contribution >= 0.6 is 0 Å². The van der Waals surface area contributed by atoms with Crippen LogP contribution in [-0.4, -0.2) is 0 Å². The molecule has 0 heteroatoms. The second kappa shape index (κ2) is 6.91. The predicted molar refractivity (Wildman–Crippen MR) is 89.7 cm³/mol. The third-order valence-electron chi connectivity index (χ3n) is 3.42. The van der Waals surface area contributed by atoms with E-state index in [1.807, 2.05) is 0 Å². The van der Waals surface area contributed by atoms with Gasteiger partial charge in [-0.25, -0.2) is 0 Å². The van der Waals surface area contributed by atoms with Crippen LogP contribution in [0.4, 0.5) is 0 Å². The molecule has 0 saturated heterocycles. The van der Waals surface area contributed by atoms with Gasteiger partial charge in [0.25, 0.3) is 0 Å². The maximum Gasteiger partial charge on any atom is -0.0178 e. The first-order chi connectivity index (χ1) is 9.70. The molecule has 0 amide bonds. The highest BCUT2D eigenvalue weighted by Crippen LogP contribution is 2.24. The molecule has 0 aromatic heterocycles. The van der Waals surface area contributed by atoms with E-state index in [2.05, 4.69) is 87.5 Å². The second-order valence-electron chi connectivity index (χ2n) is 5.13. The van der Waals surface area contributed by atoms with Crippen LogP contribution < -0.4 is 0 Å². The van der Waals surface area contributed by atoms with Crippen LogP contribution in [0, 0.1) is 6.92 Å². The van der Waals surface area contributed by atoms with Crippen molar-refractivity contribution in [2.24, 2.45) is 0 Å². The SMILES string of the molecule is CC/C=C\C=C(/C)c1cccc(-c2ccc(C)cc2)c1. The van der Waals surface area contributed by atoms with Crippen molar-refractivity contribution in [2.75, 3.05) is 0 Å². The van der Waals surface area contributed by atoms with Crippen molar-refractivity contribution in [2.45, 2.75) is 27.2 Å². The topological polar surface area (TPSA) is 0 Å². The summed E-state index contributed by atoms with van der Waals surface area (Å²) in [7, 11) is 0. The van der Waals surface area contributed by atoms with Crippen LogP contribution in [0.1, 0.15) is 31.4 Å². The molecule has 0 atom stereocenters. The van der Waals surface area contributed by atoms with Crippen molar-refractivity contribution < 1.29 is 0 Å². The fourth-order valence-electron chi connectivity index (χ4n) is 2.13. The van der Waals surface area contributed by atoms with Gasteiger partial charge in [-0.2, -0.15) is 0 Å². The van der Waals surface area contributed by atoms with Crippen LogP contribution in [-0.2, 0) is 0 Å². The molecule has 0 unspecified atom stereocenters. The van der Waals surface area contributed by atoms with Crippen LogP contribution in [0.5, 0.6) is 0 Å². The Morgan fingerprint density at radius 1 is 1.00 bits per heavy atom. The standard InChI is InChI=1S/C20H22/c1-4-5-6-8-17(3)19-9-7-10-20(15-19)18-13-11-16(2)12-14-18/h5-15H,4H2,1-3H3/b6-5-,17-8+. The minimum atomic E-state index is 1.08. The van der Waals surface area contributed by atoms with Crippen molar-refractivity contribution in [3.8, 4) is 11.1 Å². The van der Waals surface area contributed by atoms with Crippen LogP contribution in [0.15, 0.2) is 66.8 Å². The van der Waals surface area contributed by atoms with E-state index in [-0.39, 0.29) is 0 Å². The summed E-state index contributed by atoms with van der Waals surface area (Å²) >= 11 is 0. The lowest BCUT2D eigenvalue weighted by Crippen LogP contribution is -1.83. The van der Waals surface area contributed by atoms with Gasteiger partial charge in [0.2, 0.25) is 0 Å². The van der Waals surface area contributed by atoms with E-state index in [4.69, 9.17) is 0 Å². The molecule has 20 heavy (non-hydrogen) atoms. The van der Waals surface area contributed by atoms with Gasteiger partial charge < -0.3 is 0 Å². The van der Waals surface area contributed by atoms with E-state index in [1.165, 1.54) is 27.8 Å².